The smallest absolute Gasteiger partial charge is 0.0217 e. The normalized spacial score (nSPS) is 22.3. The number of likely N-dealkylation sites (N-methyl/N-ethyl adjacent to an activating group) is 1. The zero-order valence-corrected chi connectivity index (χ0v) is 13.1. The summed E-state index contributed by atoms with van der Waals surface area (Å²) in [4.78, 5) is 5.26. The van der Waals surface area contributed by atoms with E-state index >= 15 is 0 Å². The second kappa shape index (κ2) is 8.13. The molecule has 0 aromatic rings. The highest BCUT2D eigenvalue weighted by Crippen LogP contribution is 2.11. The molecule has 0 spiro atoms. The molecule has 0 radical (unpaired) electrons. The molecule has 2 unspecified atom stereocenters. The second-order valence-corrected chi connectivity index (χ2v) is 6.00. The highest BCUT2D eigenvalue weighted by Gasteiger charge is 2.22. The van der Waals surface area contributed by atoms with Crippen molar-refractivity contribution < 1.29 is 0 Å². The Labute approximate surface area is 114 Å². The molecule has 0 aromatic heterocycles. The topological polar surface area (TPSA) is 18.5 Å². The van der Waals surface area contributed by atoms with Gasteiger partial charge in [-0.3, -0.25) is 9.80 Å². The lowest BCUT2D eigenvalue weighted by Gasteiger charge is -2.39. The Morgan fingerprint density at radius 3 is 2.06 bits per heavy atom. The number of rotatable bonds is 7. The van der Waals surface area contributed by atoms with E-state index in [9.17, 15) is 0 Å². The van der Waals surface area contributed by atoms with E-state index in [0.717, 1.165) is 18.5 Å². The van der Waals surface area contributed by atoms with Crippen LogP contribution in [-0.4, -0.2) is 61.2 Å². The van der Waals surface area contributed by atoms with Crippen LogP contribution in [-0.2, 0) is 0 Å². The van der Waals surface area contributed by atoms with E-state index in [-0.39, 0.29) is 0 Å². The van der Waals surface area contributed by atoms with Crippen molar-refractivity contribution in [2.75, 3.05) is 39.3 Å². The Hall–Kier alpha value is -0.120. The molecule has 18 heavy (non-hydrogen) atoms. The molecule has 0 saturated carbocycles. The molecule has 1 fully saturated rings. The van der Waals surface area contributed by atoms with Crippen LogP contribution in [0.3, 0.4) is 0 Å². The minimum Gasteiger partial charge on any atom is -0.313 e. The minimum atomic E-state index is 0.644. The van der Waals surface area contributed by atoms with E-state index in [4.69, 9.17) is 0 Å². The van der Waals surface area contributed by atoms with E-state index in [1.54, 1.807) is 0 Å². The molecular formula is C15H33N3. The molecule has 1 heterocycles. The van der Waals surface area contributed by atoms with Gasteiger partial charge in [0.25, 0.3) is 0 Å². The van der Waals surface area contributed by atoms with Crippen molar-refractivity contribution in [1.82, 2.24) is 15.1 Å². The molecule has 1 rings (SSSR count). The highest BCUT2D eigenvalue weighted by atomic mass is 15.3. The third kappa shape index (κ3) is 4.87. The van der Waals surface area contributed by atoms with E-state index in [1.165, 1.54) is 39.1 Å². The van der Waals surface area contributed by atoms with Gasteiger partial charge in [0.15, 0.2) is 0 Å². The van der Waals surface area contributed by atoms with Gasteiger partial charge in [-0.2, -0.15) is 0 Å². The molecule has 0 amide bonds. The quantitative estimate of drug-likeness (QED) is 0.751. The molecule has 3 nitrogen and oxygen atoms in total. The molecule has 1 N–H and O–H groups in total. The summed E-state index contributed by atoms with van der Waals surface area (Å²) in [7, 11) is 0. The van der Waals surface area contributed by atoms with Crippen LogP contribution in [0.15, 0.2) is 0 Å². The standard InChI is InChI=1S/C15H33N3/c1-6-14(5)18-10-8-17(9-11-18)12-15(13(3)4)16-7-2/h13-16H,6-12H2,1-5H3. The highest BCUT2D eigenvalue weighted by molar-refractivity contribution is 4.80. The predicted molar refractivity (Wildman–Crippen MR) is 80.1 cm³/mol. The van der Waals surface area contributed by atoms with Crippen LogP contribution in [0.25, 0.3) is 0 Å². The Balaban J connectivity index is 2.33. The first kappa shape index (κ1) is 15.9. The van der Waals surface area contributed by atoms with Crippen molar-refractivity contribution in [3.05, 3.63) is 0 Å². The number of nitrogens with one attached hydrogen (secondary N) is 1. The lowest BCUT2D eigenvalue weighted by atomic mass is 10.0. The maximum atomic E-state index is 3.62. The van der Waals surface area contributed by atoms with Crippen molar-refractivity contribution in [1.29, 1.82) is 0 Å². The molecule has 0 aromatic carbocycles. The predicted octanol–water partition coefficient (Wildman–Crippen LogP) is 2.04. The summed E-state index contributed by atoms with van der Waals surface area (Å²) < 4.78 is 0. The van der Waals surface area contributed by atoms with Gasteiger partial charge in [-0.25, -0.2) is 0 Å². The van der Waals surface area contributed by atoms with Crippen LogP contribution in [0.2, 0.25) is 0 Å². The van der Waals surface area contributed by atoms with E-state index < -0.39 is 0 Å². The van der Waals surface area contributed by atoms with Crippen LogP contribution in [0, 0.1) is 5.92 Å². The largest absolute Gasteiger partial charge is 0.313 e. The van der Waals surface area contributed by atoms with Gasteiger partial charge in [-0.05, 0) is 25.8 Å². The maximum absolute atomic E-state index is 3.62. The van der Waals surface area contributed by atoms with E-state index in [1.807, 2.05) is 0 Å². The Kier molecular flexibility index (Phi) is 7.20. The van der Waals surface area contributed by atoms with E-state index in [2.05, 4.69) is 49.7 Å². The Morgan fingerprint density at radius 2 is 1.61 bits per heavy atom. The average Bonchev–Trinajstić information content (AvgIpc) is 2.38. The first-order valence-electron chi connectivity index (χ1n) is 7.78. The summed E-state index contributed by atoms with van der Waals surface area (Å²) in [6, 6.07) is 1.40. The summed E-state index contributed by atoms with van der Waals surface area (Å²) >= 11 is 0. The fourth-order valence-corrected chi connectivity index (χ4v) is 2.70. The second-order valence-electron chi connectivity index (χ2n) is 6.00. The number of hydrogen-bond acceptors (Lipinski definition) is 3. The van der Waals surface area contributed by atoms with Gasteiger partial charge >= 0.3 is 0 Å². The van der Waals surface area contributed by atoms with Gasteiger partial charge in [-0.15, -0.1) is 0 Å². The van der Waals surface area contributed by atoms with Crippen molar-refractivity contribution in [3.63, 3.8) is 0 Å². The summed E-state index contributed by atoms with van der Waals surface area (Å²) in [6.07, 6.45) is 1.27. The third-order valence-corrected chi connectivity index (χ3v) is 4.35. The minimum absolute atomic E-state index is 0.644. The molecule has 1 aliphatic heterocycles. The Morgan fingerprint density at radius 1 is 1.00 bits per heavy atom. The monoisotopic (exact) mass is 255 g/mol. The molecule has 1 saturated heterocycles. The maximum Gasteiger partial charge on any atom is 0.0217 e. The average molecular weight is 255 g/mol. The molecule has 1 aliphatic rings. The number of nitrogens with zero attached hydrogens (tertiary/aromatic N) is 2. The van der Waals surface area contributed by atoms with Gasteiger partial charge in [-0.1, -0.05) is 27.7 Å². The fraction of sp³-hybridized carbons (Fsp3) is 1.00. The van der Waals surface area contributed by atoms with Crippen molar-refractivity contribution in [2.24, 2.45) is 5.92 Å². The van der Waals surface area contributed by atoms with Crippen molar-refractivity contribution in [3.8, 4) is 0 Å². The Bertz CT molecular complexity index is 210. The molecule has 2 atom stereocenters. The van der Waals surface area contributed by atoms with Crippen LogP contribution < -0.4 is 5.32 Å². The zero-order valence-electron chi connectivity index (χ0n) is 13.1. The summed E-state index contributed by atoms with van der Waals surface area (Å²) in [6.45, 7) is 18.7. The van der Waals surface area contributed by atoms with Gasteiger partial charge in [0.2, 0.25) is 0 Å². The molecule has 0 bridgehead atoms. The SMILES string of the molecule is CCNC(CN1CCN(C(C)CC)CC1)C(C)C. The van der Waals surface area contributed by atoms with Crippen LogP contribution >= 0.6 is 0 Å². The lowest BCUT2D eigenvalue weighted by molar-refractivity contribution is 0.0897. The summed E-state index contributed by atoms with van der Waals surface area (Å²) in [5.74, 6) is 0.720. The van der Waals surface area contributed by atoms with Crippen LogP contribution in [0.1, 0.15) is 41.0 Å². The van der Waals surface area contributed by atoms with Gasteiger partial charge < -0.3 is 5.32 Å². The van der Waals surface area contributed by atoms with Crippen LogP contribution in [0.5, 0.6) is 0 Å². The molecule has 108 valence electrons. The number of piperazine rings is 1. The van der Waals surface area contributed by atoms with Gasteiger partial charge in [0.1, 0.15) is 0 Å². The number of hydrogen-bond donors (Lipinski definition) is 1. The summed E-state index contributed by atoms with van der Waals surface area (Å²) in [5, 5.41) is 3.62. The third-order valence-electron chi connectivity index (χ3n) is 4.35. The molecular weight excluding hydrogens is 222 g/mol. The summed E-state index contributed by atoms with van der Waals surface area (Å²) in [5.41, 5.74) is 0. The first-order valence-corrected chi connectivity index (χ1v) is 7.78. The van der Waals surface area contributed by atoms with Gasteiger partial charge in [0.05, 0.1) is 0 Å². The molecule has 3 heteroatoms. The van der Waals surface area contributed by atoms with Crippen molar-refractivity contribution >= 4 is 0 Å². The molecule has 0 aliphatic carbocycles. The first-order chi connectivity index (χ1) is 8.58. The van der Waals surface area contributed by atoms with Crippen LogP contribution in [0.4, 0.5) is 0 Å². The fourth-order valence-electron chi connectivity index (χ4n) is 2.70. The lowest BCUT2D eigenvalue weighted by Crippen LogP contribution is -2.53. The van der Waals surface area contributed by atoms with Crippen molar-refractivity contribution in [2.45, 2.75) is 53.1 Å². The zero-order chi connectivity index (χ0) is 13.5. The van der Waals surface area contributed by atoms with Gasteiger partial charge in [0, 0.05) is 44.8 Å². The van der Waals surface area contributed by atoms with E-state index in [0.29, 0.717) is 6.04 Å².